The molecule has 0 amide bonds. The summed E-state index contributed by atoms with van der Waals surface area (Å²) in [6, 6.07) is 3.23. The Labute approximate surface area is 110 Å². The van der Waals surface area contributed by atoms with Crippen LogP contribution in [0.15, 0.2) is 18.2 Å². The summed E-state index contributed by atoms with van der Waals surface area (Å²) >= 11 is 0. The Kier molecular flexibility index (Phi) is 4.40. The van der Waals surface area contributed by atoms with Gasteiger partial charge in [0.1, 0.15) is 5.25 Å². The summed E-state index contributed by atoms with van der Waals surface area (Å²) in [4.78, 5) is 0. The topological polar surface area (TPSA) is 138 Å². The second-order valence-corrected chi connectivity index (χ2v) is 6.78. The first-order valence-corrected chi connectivity index (χ1v) is 7.94. The predicted molar refractivity (Wildman–Crippen MR) is 65.4 cm³/mol. The Morgan fingerprint density at radius 1 is 1.21 bits per heavy atom. The molecule has 0 saturated heterocycles. The molecule has 1 unspecified atom stereocenters. The normalized spacial score (nSPS) is 14.1. The van der Waals surface area contributed by atoms with Crippen molar-refractivity contribution in [3.05, 3.63) is 23.8 Å². The number of rotatable bonds is 5. The molecule has 3 N–H and O–H groups in total. The van der Waals surface area contributed by atoms with E-state index < -0.39 is 31.2 Å². The number of methoxy groups -OCH3 is 1. The van der Waals surface area contributed by atoms with Crippen molar-refractivity contribution < 1.29 is 35.8 Å². The van der Waals surface area contributed by atoms with E-state index in [1.165, 1.54) is 7.11 Å². The fraction of sp³-hybridized carbons (Fsp3) is 0.333. The fourth-order valence-corrected chi connectivity index (χ4v) is 3.71. The molecule has 1 aromatic carbocycles. The van der Waals surface area contributed by atoms with Gasteiger partial charge in [-0.1, -0.05) is 6.07 Å². The zero-order valence-electron chi connectivity index (χ0n) is 9.72. The van der Waals surface area contributed by atoms with Gasteiger partial charge in [-0.15, -0.1) is 0 Å². The van der Waals surface area contributed by atoms with Crippen LogP contribution in [0.4, 0.5) is 0 Å². The Morgan fingerprint density at radius 2 is 1.79 bits per heavy atom. The van der Waals surface area contributed by atoms with Crippen LogP contribution in [-0.4, -0.2) is 43.9 Å². The molecule has 108 valence electrons. The molecule has 0 aliphatic heterocycles. The fourth-order valence-electron chi connectivity index (χ4n) is 1.44. The van der Waals surface area contributed by atoms with Gasteiger partial charge in [0.05, 0.1) is 12.9 Å². The third kappa shape index (κ3) is 4.35. The average molecular weight is 312 g/mol. The van der Waals surface area contributed by atoms with Gasteiger partial charge in [-0.25, -0.2) is 0 Å². The minimum Gasteiger partial charge on any atom is -0.504 e. The molecule has 0 spiro atoms. The lowest BCUT2D eigenvalue weighted by Crippen LogP contribution is -2.21. The molecule has 19 heavy (non-hydrogen) atoms. The maximum Gasteiger partial charge on any atom is 0.273 e. The van der Waals surface area contributed by atoms with Crippen molar-refractivity contribution in [2.45, 2.75) is 5.25 Å². The van der Waals surface area contributed by atoms with Gasteiger partial charge in [-0.3, -0.25) is 9.11 Å². The molecule has 0 aliphatic carbocycles. The molecule has 8 nitrogen and oxygen atoms in total. The molecule has 1 atom stereocenters. The van der Waals surface area contributed by atoms with Crippen molar-refractivity contribution in [3.63, 3.8) is 0 Å². The standard InChI is InChI=1S/C9H12O8S2/c1-17-8-4-6(2-3-7(8)10)9(19(14,15)16)5-18(11,12)13/h2-4,9-10H,5H2,1H3,(H,11,12,13)(H,14,15,16). The van der Waals surface area contributed by atoms with Gasteiger partial charge in [-0.2, -0.15) is 16.8 Å². The molecular weight excluding hydrogens is 300 g/mol. The molecule has 0 fully saturated rings. The third-order valence-corrected chi connectivity index (χ3v) is 4.42. The molecule has 1 aromatic rings. The zero-order valence-corrected chi connectivity index (χ0v) is 11.3. The highest BCUT2D eigenvalue weighted by Gasteiger charge is 2.30. The van der Waals surface area contributed by atoms with E-state index in [9.17, 15) is 21.9 Å². The van der Waals surface area contributed by atoms with Crippen molar-refractivity contribution in [2.75, 3.05) is 12.9 Å². The average Bonchev–Trinajstić information content (AvgIpc) is 2.24. The van der Waals surface area contributed by atoms with Gasteiger partial charge >= 0.3 is 0 Å². The van der Waals surface area contributed by atoms with E-state index in [-0.39, 0.29) is 17.1 Å². The highest BCUT2D eigenvalue weighted by atomic mass is 32.2. The van der Waals surface area contributed by atoms with Crippen LogP contribution in [0.3, 0.4) is 0 Å². The van der Waals surface area contributed by atoms with Crippen LogP contribution in [0.25, 0.3) is 0 Å². The maximum absolute atomic E-state index is 11.2. The number of phenolic OH excluding ortho intramolecular Hbond substituents is 1. The molecular formula is C9H12O8S2. The Bertz CT molecular complexity index is 661. The van der Waals surface area contributed by atoms with Crippen LogP contribution < -0.4 is 4.74 Å². The van der Waals surface area contributed by atoms with E-state index in [0.717, 1.165) is 18.2 Å². The van der Waals surface area contributed by atoms with Crippen LogP contribution in [0, 0.1) is 0 Å². The van der Waals surface area contributed by atoms with Crippen molar-refractivity contribution in [2.24, 2.45) is 0 Å². The number of benzene rings is 1. The molecule has 0 aliphatic rings. The summed E-state index contributed by atoms with van der Waals surface area (Å²) in [6.07, 6.45) is 0. The second-order valence-electron chi connectivity index (χ2n) is 3.68. The number of hydrogen-bond acceptors (Lipinski definition) is 6. The van der Waals surface area contributed by atoms with Gasteiger partial charge in [0.2, 0.25) is 0 Å². The quantitative estimate of drug-likeness (QED) is 0.656. The smallest absolute Gasteiger partial charge is 0.273 e. The first-order chi connectivity index (χ1) is 8.54. The molecule has 0 radical (unpaired) electrons. The summed E-state index contributed by atoms with van der Waals surface area (Å²) in [6.45, 7) is 0. The number of ether oxygens (including phenoxy) is 1. The SMILES string of the molecule is COc1cc(C(CS(=O)(=O)O)S(=O)(=O)O)ccc1O. The van der Waals surface area contributed by atoms with Crippen LogP contribution >= 0.6 is 0 Å². The summed E-state index contributed by atoms with van der Waals surface area (Å²) in [5.41, 5.74) is -0.144. The van der Waals surface area contributed by atoms with Gasteiger partial charge in [0.15, 0.2) is 11.5 Å². The van der Waals surface area contributed by atoms with Crippen LogP contribution in [-0.2, 0) is 20.2 Å². The minimum absolute atomic E-state index is 0.0958. The lowest BCUT2D eigenvalue weighted by molar-refractivity contribution is 0.372. The van der Waals surface area contributed by atoms with E-state index in [2.05, 4.69) is 0 Å². The maximum atomic E-state index is 11.2. The van der Waals surface area contributed by atoms with E-state index in [1.54, 1.807) is 0 Å². The van der Waals surface area contributed by atoms with E-state index >= 15 is 0 Å². The van der Waals surface area contributed by atoms with Crippen molar-refractivity contribution in [1.82, 2.24) is 0 Å². The third-order valence-electron chi connectivity index (χ3n) is 2.30. The van der Waals surface area contributed by atoms with Gasteiger partial charge in [0.25, 0.3) is 20.2 Å². The van der Waals surface area contributed by atoms with Crippen LogP contribution in [0.1, 0.15) is 10.8 Å². The second kappa shape index (κ2) is 5.33. The molecule has 10 heteroatoms. The summed E-state index contributed by atoms with van der Waals surface area (Å²) in [5, 5.41) is 7.47. The predicted octanol–water partition coefficient (Wildman–Crippen LogP) is 0.217. The van der Waals surface area contributed by atoms with Gasteiger partial charge in [0, 0.05) is 0 Å². The largest absolute Gasteiger partial charge is 0.504 e. The minimum atomic E-state index is -4.77. The highest BCUT2D eigenvalue weighted by Crippen LogP contribution is 2.32. The Balaban J connectivity index is 3.34. The Morgan fingerprint density at radius 3 is 2.21 bits per heavy atom. The van der Waals surface area contributed by atoms with Gasteiger partial charge < -0.3 is 9.84 Å². The summed E-state index contributed by atoms with van der Waals surface area (Å²) in [5.74, 6) is -1.59. The van der Waals surface area contributed by atoms with Crippen molar-refractivity contribution in [3.8, 4) is 11.5 Å². The molecule has 1 rings (SSSR count). The van der Waals surface area contributed by atoms with Crippen molar-refractivity contribution in [1.29, 1.82) is 0 Å². The number of hydrogen-bond donors (Lipinski definition) is 3. The zero-order chi connectivity index (χ0) is 14.8. The number of aromatic hydroxyl groups is 1. The van der Waals surface area contributed by atoms with E-state index in [0.29, 0.717) is 0 Å². The molecule has 0 heterocycles. The molecule has 0 bridgehead atoms. The highest BCUT2D eigenvalue weighted by molar-refractivity contribution is 7.89. The van der Waals surface area contributed by atoms with Crippen molar-refractivity contribution >= 4 is 20.2 Å². The first-order valence-electron chi connectivity index (χ1n) is 4.83. The molecule has 0 saturated carbocycles. The first kappa shape index (κ1) is 15.7. The number of phenols is 1. The van der Waals surface area contributed by atoms with E-state index in [1.807, 2.05) is 0 Å². The van der Waals surface area contributed by atoms with Crippen LogP contribution in [0.2, 0.25) is 0 Å². The lowest BCUT2D eigenvalue weighted by Gasteiger charge is -2.14. The molecule has 0 aromatic heterocycles. The Hall–Kier alpha value is -1.36. The summed E-state index contributed by atoms with van der Waals surface area (Å²) in [7, 11) is -8.18. The lowest BCUT2D eigenvalue weighted by atomic mass is 10.1. The van der Waals surface area contributed by atoms with Crippen LogP contribution in [0.5, 0.6) is 11.5 Å². The summed E-state index contributed by atoms with van der Waals surface area (Å²) < 4.78 is 66.4. The van der Waals surface area contributed by atoms with E-state index in [4.69, 9.17) is 13.8 Å². The monoisotopic (exact) mass is 312 g/mol. The van der Waals surface area contributed by atoms with Gasteiger partial charge in [-0.05, 0) is 17.7 Å².